The predicted octanol–water partition coefficient (Wildman–Crippen LogP) is 0.912. The van der Waals surface area contributed by atoms with E-state index in [0.29, 0.717) is 6.54 Å². The lowest BCUT2D eigenvalue weighted by molar-refractivity contribution is -0.148. The van der Waals surface area contributed by atoms with Gasteiger partial charge in [-0.05, 0) is 19.8 Å². The van der Waals surface area contributed by atoms with Gasteiger partial charge in [-0.3, -0.25) is 9.59 Å². The van der Waals surface area contributed by atoms with Gasteiger partial charge in [0.15, 0.2) is 0 Å². The highest BCUT2D eigenvalue weighted by Gasteiger charge is 2.36. The van der Waals surface area contributed by atoms with E-state index in [0.717, 1.165) is 19.3 Å². The summed E-state index contributed by atoms with van der Waals surface area (Å²) < 4.78 is 0. The summed E-state index contributed by atoms with van der Waals surface area (Å²) in [5, 5.41) is 2.78. The minimum Gasteiger partial charge on any atom is -0.343 e. The van der Waals surface area contributed by atoms with Crippen molar-refractivity contribution in [1.29, 1.82) is 0 Å². The first-order chi connectivity index (χ1) is 7.11. The van der Waals surface area contributed by atoms with Gasteiger partial charge in [0, 0.05) is 6.54 Å². The van der Waals surface area contributed by atoms with Gasteiger partial charge in [0.1, 0.15) is 12.1 Å². The molecule has 2 atom stereocenters. The van der Waals surface area contributed by atoms with Crippen LogP contribution in [0.1, 0.15) is 40.0 Å². The quantitative estimate of drug-likeness (QED) is 0.753. The van der Waals surface area contributed by atoms with Crippen LogP contribution in [0.15, 0.2) is 0 Å². The average molecular weight is 212 g/mol. The Morgan fingerprint density at radius 1 is 1.27 bits per heavy atom. The van der Waals surface area contributed by atoms with E-state index >= 15 is 0 Å². The van der Waals surface area contributed by atoms with Gasteiger partial charge in [0.25, 0.3) is 0 Å². The van der Waals surface area contributed by atoms with Gasteiger partial charge in [-0.1, -0.05) is 20.3 Å². The van der Waals surface area contributed by atoms with Gasteiger partial charge < -0.3 is 10.2 Å². The van der Waals surface area contributed by atoms with Crippen LogP contribution >= 0.6 is 0 Å². The van der Waals surface area contributed by atoms with Crippen LogP contribution in [0.5, 0.6) is 0 Å². The molecule has 0 aromatic carbocycles. The van der Waals surface area contributed by atoms with E-state index in [9.17, 15) is 9.59 Å². The minimum absolute atomic E-state index is 0.0264. The van der Waals surface area contributed by atoms with Crippen molar-refractivity contribution in [3.05, 3.63) is 0 Å². The van der Waals surface area contributed by atoms with Crippen LogP contribution in [0.4, 0.5) is 0 Å². The molecule has 15 heavy (non-hydrogen) atoms. The fourth-order valence-corrected chi connectivity index (χ4v) is 1.92. The highest BCUT2D eigenvalue weighted by Crippen LogP contribution is 2.13. The van der Waals surface area contributed by atoms with Crippen molar-refractivity contribution >= 4 is 11.8 Å². The Morgan fingerprint density at radius 2 is 1.93 bits per heavy atom. The summed E-state index contributed by atoms with van der Waals surface area (Å²) in [6.07, 6.45) is 2.53. The molecule has 0 aromatic rings. The number of hydrogen-bond donors (Lipinski definition) is 1. The van der Waals surface area contributed by atoms with Crippen LogP contribution < -0.4 is 5.32 Å². The van der Waals surface area contributed by atoms with Crippen molar-refractivity contribution in [3.63, 3.8) is 0 Å². The third-order valence-electron chi connectivity index (χ3n) is 2.79. The monoisotopic (exact) mass is 212 g/mol. The molecule has 0 aromatic heterocycles. The minimum atomic E-state index is -0.314. The summed E-state index contributed by atoms with van der Waals surface area (Å²) in [6, 6.07) is -0.615. The zero-order valence-corrected chi connectivity index (χ0v) is 9.75. The largest absolute Gasteiger partial charge is 0.343 e. The third-order valence-corrected chi connectivity index (χ3v) is 2.79. The maximum absolute atomic E-state index is 12.0. The van der Waals surface area contributed by atoms with Crippen molar-refractivity contribution in [2.24, 2.45) is 0 Å². The summed E-state index contributed by atoms with van der Waals surface area (Å²) in [5.74, 6) is 0.0484. The topological polar surface area (TPSA) is 49.4 Å². The predicted molar refractivity (Wildman–Crippen MR) is 58.3 cm³/mol. The van der Waals surface area contributed by atoms with E-state index < -0.39 is 0 Å². The molecule has 1 fully saturated rings. The molecule has 86 valence electrons. The molecule has 1 heterocycles. The van der Waals surface area contributed by atoms with Gasteiger partial charge in [-0.2, -0.15) is 0 Å². The zero-order valence-electron chi connectivity index (χ0n) is 9.75. The molecule has 1 saturated heterocycles. The molecule has 0 bridgehead atoms. The lowest BCUT2D eigenvalue weighted by Gasteiger charge is -2.37. The molecule has 0 radical (unpaired) electrons. The Kier molecular flexibility index (Phi) is 4.12. The Balaban J connectivity index is 2.74. The molecule has 2 amide bonds. The van der Waals surface area contributed by atoms with Crippen LogP contribution in [0.3, 0.4) is 0 Å². The SMILES string of the molecule is CCCC1NC(=O)C(C)N(CCC)C1=O. The van der Waals surface area contributed by atoms with Crippen LogP contribution in [0.2, 0.25) is 0 Å². The van der Waals surface area contributed by atoms with Crippen molar-refractivity contribution < 1.29 is 9.59 Å². The molecule has 1 aliphatic rings. The highest BCUT2D eigenvalue weighted by atomic mass is 16.2. The molecule has 0 spiro atoms. The van der Waals surface area contributed by atoms with E-state index in [-0.39, 0.29) is 23.9 Å². The van der Waals surface area contributed by atoms with Crippen molar-refractivity contribution in [2.75, 3.05) is 6.54 Å². The number of amides is 2. The first-order valence-electron chi connectivity index (χ1n) is 5.72. The second-order valence-electron chi connectivity index (χ2n) is 4.06. The van der Waals surface area contributed by atoms with Gasteiger partial charge in [0.05, 0.1) is 0 Å². The number of piperazine rings is 1. The molecule has 1 aliphatic heterocycles. The first-order valence-corrected chi connectivity index (χ1v) is 5.72. The molecule has 4 heteroatoms. The lowest BCUT2D eigenvalue weighted by Crippen LogP contribution is -2.62. The Hall–Kier alpha value is -1.06. The number of carbonyl (C=O) groups is 2. The number of rotatable bonds is 4. The number of hydrogen-bond acceptors (Lipinski definition) is 2. The maximum Gasteiger partial charge on any atom is 0.245 e. The second kappa shape index (κ2) is 5.14. The van der Waals surface area contributed by atoms with Crippen LogP contribution in [0.25, 0.3) is 0 Å². The molecular formula is C11H20N2O2. The molecule has 2 unspecified atom stereocenters. The molecular weight excluding hydrogens is 192 g/mol. The van der Waals surface area contributed by atoms with Crippen molar-refractivity contribution in [3.8, 4) is 0 Å². The first kappa shape index (κ1) is 12.0. The summed E-state index contributed by atoms with van der Waals surface area (Å²) in [6.45, 7) is 6.49. The molecule has 0 aliphatic carbocycles. The zero-order chi connectivity index (χ0) is 11.4. The summed E-state index contributed by atoms with van der Waals surface area (Å²) in [4.78, 5) is 25.3. The van der Waals surface area contributed by atoms with Crippen molar-refractivity contribution in [1.82, 2.24) is 10.2 Å². The highest BCUT2D eigenvalue weighted by molar-refractivity contribution is 5.96. The lowest BCUT2D eigenvalue weighted by atomic mass is 10.0. The van der Waals surface area contributed by atoms with Crippen molar-refractivity contribution in [2.45, 2.75) is 52.1 Å². The molecule has 1 N–H and O–H groups in total. The summed E-state index contributed by atoms with van der Waals surface area (Å²) >= 11 is 0. The molecule has 1 rings (SSSR count). The third kappa shape index (κ3) is 2.49. The fraction of sp³-hybridized carbons (Fsp3) is 0.818. The van der Waals surface area contributed by atoms with Gasteiger partial charge >= 0.3 is 0 Å². The standard InChI is InChI=1S/C11H20N2O2/c1-4-6-9-11(15)13(7-5-2)8(3)10(14)12-9/h8-9H,4-7H2,1-3H3,(H,12,14). The Bertz CT molecular complexity index is 253. The average Bonchev–Trinajstić information content (AvgIpc) is 2.21. The van der Waals surface area contributed by atoms with E-state index in [4.69, 9.17) is 0 Å². The smallest absolute Gasteiger partial charge is 0.245 e. The van der Waals surface area contributed by atoms with Gasteiger partial charge in [-0.25, -0.2) is 0 Å². The fourth-order valence-electron chi connectivity index (χ4n) is 1.92. The van der Waals surface area contributed by atoms with E-state index in [1.54, 1.807) is 11.8 Å². The Morgan fingerprint density at radius 3 is 2.47 bits per heavy atom. The molecule has 0 saturated carbocycles. The van der Waals surface area contributed by atoms with Gasteiger partial charge in [0.2, 0.25) is 11.8 Å². The van der Waals surface area contributed by atoms with E-state index in [1.807, 2.05) is 13.8 Å². The summed E-state index contributed by atoms with van der Waals surface area (Å²) in [7, 11) is 0. The second-order valence-corrected chi connectivity index (χ2v) is 4.06. The number of nitrogens with zero attached hydrogens (tertiary/aromatic N) is 1. The number of carbonyl (C=O) groups excluding carboxylic acids is 2. The number of nitrogens with one attached hydrogen (secondary N) is 1. The summed E-state index contributed by atoms with van der Waals surface area (Å²) in [5.41, 5.74) is 0. The Labute approximate surface area is 91.0 Å². The van der Waals surface area contributed by atoms with E-state index in [2.05, 4.69) is 5.32 Å². The molecule has 4 nitrogen and oxygen atoms in total. The van der Waals surface area contributed by atoms with E-state index in [1.165, 1.54) is 0 Å². The van der Waals surface area contributed by atoms with Crippen LogP contribution in [-0.2, 0) is 9.59 Å². The van der Waals surface area contributed by atoms with Crippen LogP contribution in [0, 0.1) is 0 Å². The van der Waals surface area contributed by atoms with Gasteiger partial charge in [-0.15, -0.1) is 0 Å². The van der Waals surface area contributed by atoms with Crippen LogP contribution in [-0.4, -0.2) is 35.3 Å². The maximum atomic E-state index is 12.0. The normalized spacial score (nSPS) is 26.7.